The van der Waals surface area contributed by atoms with Gasteiger partial charge in [-0.25, -0.2) is 0 Å². The lowest BCUT2D eigenvalue weighted by Gasteiger charge is -2.36. The van der Waals surface area contributed by atoms with Crippen LogP contribution in [0.1, 0.15) is 24.4 Å². The molecule has 1 aromatic carbocycles. The molecule has 0 radical (unpaired) electrons. The van der Waals surface area contributed by atoms with Crippen LogP contribution >= 0.6 is 0 Å². The van der Waals surface area contributed by atoms with E-state index in [1.165, 1.54) is 18.4 Å². The fourth-order valence-electron chi connectivity index (χ4n) is 3.41. The van der Waals surface area contributed by atoms with Gasteiger partial charge in [0, 0.05) is 44.4 Å². The number of hydrogen-bond donors (Lipinski definition) is 1. The molecule has 0 amide bonds. The highest BCUT2D eigenvalue weighted by Gasteiger charge is 2.40. The van der Waals surface area contributed by atoms with Crippen molar-refractivity contribution < 1.29 is 14.2 Å². The van der Waals surface area contributed by atoms with Crippen molar-refractivity contribution in [2.75, 3.05) is 47.5 Å². The third kappa shape index (κ3) is 3.01. The van der Waals surface area contributed by atoms with Gasteiger partial charge in [-0.1, -0.05) is 0 Å². The monoisotopic (exact) mass is 306 g/mol. The van der Waals surface area contributed by atoms with Crippen LogP contribution in [-0.2, 0) is 0 Å². The van der Waals surface area contributed by atoms with E-state index in [4.69, 9.17) is 14.2 Å². The zero-order chi connectivity index (χ0) is 15.5. The molecule has 1 aliphatic carbocycles. The molecule has 2 aliphatic rings. The van der Waals surface area contributed by atoms with Crippen LogP contribution in [0.2, 0.25) is 0 Å². The van der Waals surface area contributed by atoms with E-state index in [1.54, 1.807) is 21.3 Å². The minimum absolute atomic E-state index is 0.373. The van der Waals surface area contributed by atoms with Gasteiger partial charge in [0.2, 0.25) is 0 Å². The second-order valence-corrected chi connectivity index (χ2v) is 6.01. The van der Waals surface area contributed by atoms with Gasteiger partial charge in [0.05, 0.1) is 26.9 Å². The van der Waals surface area contributed by atoms with Crippen LogP contribution in [0, 0.1) is 5.92 Å². The van der Waals surface area contributed by atoms with Gasteiger partial charge in [-0.15, -0.1) is 0 Å². The standard InChI is InChI=1S/C17H26N2O3/c1-20-13-10-14(21-2)16(15(11-13)22-3)17(12-4-5-12)19-8-6-18-7-9-19/h10-12,17-18H,4-9H2,1-3H3/t17-/m0/s1. The molecule has 1 aromatic rings. The van der Waals surface area contributed by atoms with E-state index in [0.29, 0.717) is 12.0 Å². The summed E-state index contributed by atoms with van der Waals surface area (Å²) in [6.07, 6.45) is 2.57. The number of nitrogens with one attached hydrogen (secondary N) is 1. The molecule has 3 rings (SSSR count). The van der Waals surface area contributed by atoms with Gasteiger partial charge in [-0.2, -0.15) is 0 Å². The van der Waals surface area contributed by atoms with E-state index >= 15 is 0 Å². The highest BCUT2D eigenvalue weighted by atomic mass is 16.5. The molecule has 1 atom stereocenters. The van der Waals surface area contributed by atoms with Crippen molar-refractivity contribution in [1.29, 1.82) is 0 Å². The fraction of sp³-hybridized carbons (Fsp3) is 0.647. The third-order valence-corrected chi connectivity index (χ3v) is 4.66. The first-order chi connectivity index (χ1) is 10.8. The predicted octanol–water partition coefficient (Wildman–Crippen LogP) is 2.07. The summed E-state index contributed by atoms with van der Waals surface area (Å²) in [7, 11) is 5.11. The maximum atomic E-state index is 5.68. The molecule has 5 heteroatoms. The molecule has 1 saturated carbocycles. The molecule has 0 spiro atoms. The van der Waals surface area contributed by atoms with Crippen LogP contribution in [0.25, 0.3) is 0 Å². The lowest BCUT2D eigenvalue weighted by atomic mass is 9.97. The first kappa shape index (κ1) is 15.4. The van der Waals surface area contributed by atoms with Crippen molar-refractivity contribution in [1.82, 2.24) is 10.2 Å². The summed E-state index contributed by atoms with van der Waals surface area (Å²) >= 11 is 0. The summed E-state index contributed by atoms with van der Waals surface area (Å²) < 4.78 is 16.7. The number of benzene rings is 1. The molecule has 5 nitrogen and oxygen atoms in total. The summed E-state index contributed by atoms with van der Waals surface area (Å²) in [5.41, 5.74) is 1.18. The first-order valence-corrected chi connectivity index (χ1v) is 8.03. The maximum Gasteiger partial charge on any atom is 0.131 e. The number of ether oxygens (including phenoxy) is 3. The van der Waals surface area contributed by atoms with Crippen molar-refractivity contribution in [2.45, 2.75) is 18.9 Å². The zero-order valence-corrected chi connectivity index (χ0v) is 13.7. The highest BCUT2D eigenvalue weighted by molar-refractivity contribution is 5.53. The summed E-state index contributed by atoms with van der Waals surface area (Å²) in [6, 6.07) is 4.31. The van der Waals surface area contributed by atoms with Crippen LogP contribution in [0.15, 0.2) is 12.1 Å². The van der Waals surface area contributed by atoms with Crippen LogP contribution < -0.4 is 19.5 Å². The summed E-state index contributed by atoms with van der Waals surface area (Å²) in [6.45, 7) is 4.23. The van der Waals surface area contributed by atoms with E-state index in [0.717, 1.165) is 43.4 Å². The molecular formula is C17H26N2O3. The molecule has 0 bridgehead atoms. The second-order valence-electron chi connectivity index (χ2n) is 6.01. The normalized spacial score (nSPS) is 20.5. The van der Waals surface area contributed by atoms with Gasteiger partial charge >= 0.3 is 0 Å². The van der Waals surface area contributed by atoms with Gasteiger partial charge in [-0.3, -0.25) is 4.90 Å². The fourth-order valence-corrected chi connectivity index (χ4v) is 3.41. The van der Waals surface area contributed by atoms with Crippen LogP contribution in [-0.4, -0.2) is 52.4 Å². The molecular weight excluding hydrogens is 280 g/mol. The Morgan fingerprint density at radius 3 is 2.05 bits per heavy atom. The average molecular weight is 306 g/mol. The van der Waals surface area contributed by atoms with Gasteiger partial charge in [0.25, 0.3) is 0 Å². The number of piperazine rings is 1. The number of methoxy groups -OCH3 is 3. The average Bonchev–Trinajstić information content (AvgIpc) is 3.40. The smallest absolute Gasteiger partial charge is 0.131 e. The van der Waals surface area contributed by atoms with Crippen LogP contribution in [0.3, 0.4) is 0 Å². The van der Waals surface area contributed by atoms with E-state index in [1.807, 2.05) is 12.1 Å². The summed E-state index contributed by atoms with van der Waals surface area (Å²) in [5.74, 6) is 3.21. The molecule has 1 saturated heterocycles. The molecule has 1 aliphatic heterocycles. The molecule has 0 aromatic heterocycles. The SMILES string of the molecule is COc1cc(OC)c([C@H](C2CC2)N2CCNCC2)c(OC)c1. The van der Waals surface area contributed by atoms with Gasteiger partial charge < -0.3 is 19.5 Å². The van der Waals surface area contributed by atoms with Crippen molar-refractivity contribution in [3.63, 3.8) is 0 Å². The minimum atomic E-state index is 0.373. The molecule has 0 unspecified atom stereocenters. The van der Waals surface area contributed by atoms with E-state index < -0.39 is 0 Å². The topological polar surface area (TPSA) is 43.0 Å². The quantitative estimate of drug-likeness (QED) is 0.871. The lowest BCUT2D eigenvalue weighted by molar-refractivity contribution is 0.150. The Kier molecular flexibility index (Phi) is 4.74. The number of rotatable bonds is 6. The van der Waals surface area contributed by atoms with Crippen LogP contribution in [0.4, 0.5) is 0 Å². The van der Waals surface area contributed by atoms with E-state index in [2.05, 4.69) is 10.2 Å². The third-order valence-electron chi connectivity index (χ3n) is 4.66. The second kappa shape index (κ2) is 6.75. The van der Waals surface area contributed by atoms with Gasteiger partial charge in [0.15, 0.2) is 0 Å². The van der Waals surface area contributed by atoms with Gasteiger partial charge in [-0.05, 0) is 18.8 Å². The number of nitrogens with zero attached hydrogens (tertiary/aromatic N) is 1. The molecule has 2 fully saturated rings. The van der Waals surface area contributed by atoms with E-state index in [9.17, 15) is 0 Å². The summed E-state index contributed by atoms with van der Waals surface area (Å²) in [5, 5.41) is 3.43. The van der Waals surface area contributed by atoms with Crippen LogP contribution in [0.5, 0.6) is 17.2 Å². The number of hydrogen-bond acceptors (Lipinski definition) is 5. The Labute approximate surface area is 132 Å². The van der Waals surface area contributed by atoms with Crippen molar-refractivity contribution >= 4 is 0 Å². The van der Waals surface area contributed by atoms with E-state index in [-0.39, 0.29) is 0 Å². The van der Waals surface area contributed by atoms with Crippen molar-refractivity contribution in [2.24, 2.45) is 5.92 Å². The first-order valence-electron chi connectivity index (χ1n) is 8.03. The van der Waals surface area contributed by atoms with Crippen molar-refractivity contribution in [3.8, 4) is 17.2 Å². The Hall–Kier alpha value is -1.46. The molecule has 122 valence electrons. The predicted molar refractivity (Wildman–Crippen MR) is 86.0 cm³/mol. The zero-order valence-electron chi connectivity index (χ0n) is 13.7. The molecule has 1 N–H and O–H groups in total. The molecule has 22 heavy (non-hydrogen) atoms. The minimum Gasteiger partial charge on any atom is -0.496 e. The maximum absolute atomic E-state index is 5.68. The Morgan fingerprint density at radius 1 is 1.00 bits per heavy atom. The lowest BCUT2D eigenvalue weighted by Crippen LogP contribution is -2.45. The van der Waals surface area contributed by atoms with Crippen molar-refractivity contribution in [3.05, 3.63) is 17.7 Å². The van der Waals surface area contributed by atoms with Gasteiger partial charge in [0.1, 0.15) is 17.2 Å². The Balaban J connectivity index is 2.02. The Morgan fingerprint density at radius 2 is 1.59 bits per heavy atom. The highest BCUT2D eigenvalue weighted by Crippen LogP contribution is 2.51. The summed E-state index contributed by atoms with van der Waals surface area (Å²) in [4.78, 5) is 2.57. The molecule has 1 heterocycles. The largest absolute Gasteiger partial charge is 0.496 e. The Bertz CT molecular complexity index is 486.